The highest BCUT2D eigenvalue weighted by atomic mass is 16.6. The second-order valence-corrected chi connectivity index (χ2v) is 7.20. The quantitative estimate of drug-likeness (QED) is 0.918. The topological polar surface area (TPSA) is 75.5 Å². The van der Waals surface area contributed by atoms with E-state index in [0.717, 1.165) is 24.8 Å². The number of nitrogens with zero attached hydrogens (tertiary/aromatic N) is 3. The third-order valence-corrected chi connectivity index (χ3v) is 5.41. The van der Waals surface area contributed by atoms with Gasteiger partial charge in [0.2, 0.25) is 0 Å². The van der Waals surface area contributed by atoms with Gasteiger partial charge in [-0.15, -0.1) is 0 Å². The number of carbonyl (C=O) groups is 1. The third-order valence-electron chi connectivity index (χ3n) is 5.41. The van der Waals surface area contributed by atoms with Gasteiger partial charge in [0.1, 0.15) is 12.2 Å². The van der Waals surface area contributed by atoms with E-state index in [9.17, 15) is 9.90 Å². The van der Waals surface area contributed by atoms with E-state index in [0.29, 0.717) is 18.7 Å². The number of ether oxygens (including phenoxy) is 1. The largest absolute Gasteiger partial charge is 0.445 e. The van der Waals surface area contributed by atoms with Gasteiger partial charge in [-0.3, -0.25) is 0 Å². The average molecular weight is 353 g/mol. The molecule has 0 saturated carbocycles. The fourth-order valence-corrected chi connectivity index (χ4v) is 4.24. The Hall–Kier alpha value is -2.47. The normalized spacial score (nSPS) is 27.8. The van der Waals surface area contributed by atoms with Gasteiger partial charge in [-0.2, -0.15) is 0 Å². The molecule has 3 heterocycles. The molecule has 4 rings (SSSR count). The second kappa shape index (κ2) is 7.03. The van der Waals surface area contributed by atoms with E-state index in [1.165, 1.54) is 0 Å². The molecule has 2 aromatic rings. The van der Waals surface area contributed by atoms with Crippen LogP contribution in [0.5, 0.6) is 0 Å². The van der Waals surface area contributed by atoms with Crippen LogP contribution in [0.2, 0.25) is 0 Å². The number of benzene rings is 1. The van der Waals surface area contributed by atoms with Crippen molar-refractivity contribution in [2.75, 3.05) is 0 Å². The molecule has 2 unspecified atom stereocenters. The highest BCUT2D eigenvalue weighted by Crippen LogP contribution is 2.43. The van der Waals surface area contributed by atoms with Crippen LogP contribution in [0, 0.1) is 0 Å². The zero-order valence-electron chi connectivity index (χ0n) is 14.6. The minimum Gasteiger partial charge on any atom is -0.445 e. The molecule has 0 spiro atoms. The molecule has 136 valence electrons. The summed E-state index contributed by atoms with van der Waals surface area (Å²) in [5.41, 5.74) is -0.107. The number of amides is 1. The first-order valence-corrected chi connectivity index (χ1v) is 9.15. The lowest BCUT2D eigenvalue weighted by atomic mass is 9.75. The van der Waals surface area contributed by atoms with E-state index in [1.54, 1.807) is 18.5 Å². The Labute approximate surface area is 152 Å². The van der Waals surface area contributed by atoms with Crippen molar-refractivity contribution >= 4 is 6.09 Å². The second-order valence-electron chi connectivity index (χ2n) is 7.20. The van der Waals surface area contributed by atoms with Crippen LogP contribution in [-0.2, 0) is 16.9 Å². The van der Waals surface area contributed by atoms with Crippen LogP contribution in [-0.4, -0.2) is 38.2 Å². The maximum atomic E-state index is 12.7. The summed E-state index contributed by atoms with van der Waals surface area (Å²) in [4.78, 5) is 23.1. The van der Waals surface area contributed by atoms with Crippen LogP contribution in [0.25, 0.3) is 0 Å². The minimum atomic E-state index is -1.08. The van der Waals surface area contributed by atoms with E-state index in [-0.39, 0.29) is 24.8 Å². The highest BCUT2D eigenvalue weighted by molar-refractivity contribution is 5.69. The van der Waals surface area contributed by atoms with Crippen LogP contribution >= 0.6 is 0 Å². The Bertz CT molecular complexity index is 739. The van der Waals surface area contributed by atoms with Crippen molar-refractivity contribution in [3.63, 3.8) is 0 Å². The fourth-order valence-electron chi connectivity index (χ4n) is 4.24. The summed E-state index contributed by atoms with van der Waals surface area (Å²) in [5, 5.41) is 11.2. The third kappa shape index (κ3) is 3.29. The van der Waals surface area contributed by atoms with Gasteiger partial charge in [-0.25, -0.2) is 14.8 Å². The number of piperidine rings is 2. The Morgan fingerprint density at radius 1 is 1.12 bits per heavy atom. The van der Waals surface area contributed by atoms with Gasteiger partial charge in [-0.1, -0.05) is 30.3 Å². The molecule has 2 atom stereocenters. The van der Waals surface area contributed by atoms with Gasteiger partial charge < -0.3 is 14.7 Å². The molecular weight excluding hydrogens is 330 g/mol. The monoisotopic (exact) mass is 353 g/mol. The van der Waals surface area contributed by atoms with Crippen molar-refractivity contribution in [3.8, 4) is 0 Å². The number of aromatic nitrogens is 2. The Balaban J connectivity index is 1.48. The number of carbonyl (C=O) groups excluding carboxylic acids is 1. The lowest BCUT2D eigenvalue weighted by Gasteiger charge is -2.50. The summed E-state index contributed by atoms with van der Waals surface area (Å²) in [6.45, 7) is 0.266. The van der Waals surface area contributed by atoms with Gasteiger partial charge >= 0.3 is 6.09 Å². The maximum absolute atomic E-state index is 12.7. The van der Waals surface area contributed by atoms with E-state index < -0.39 is 5.60 Å². The van der Waals surface area contributed by atoms with Gasteiger partial charge in [0.15, 0.2) is 5.82 Å². The number of rotatable bonds is 3. The first kappa shape index (κ1) is 17.0. The molecule has 2 aliphatic rings. The maximum Gasteiger partial charge on any atom is 0.410 e. The molecular formula is C20H23N3O3. The summed E-state index contributed by atoms with van der Waals surface area (Å²) in [7, 11) is 0. The molecule has 6 nitrogen and oxygen atoms in total. The van der Waals surface area contributed by atoms with Gasteiger partial charge in [0.25, 0.3) is 0 Å². The number of hydrogen-bond acceptors (Lipinski definition) is 5. The van der Waals surface area contributed by atoms with E-state index in [2.05, 4.69) is 9.97 Å². The molecule has 0 aliphatic carbocycles. The van der Waals surface area contributed by atoms with Crippen molar-refractivity contribution in [1.82, 2.24) is 14.9 Å². The standard InChI is InChI=1S/C20H23N3O3/c24-19(26-14-15-6-2-1-3-7-15)23-16-8-4-9-17(23)13-20(25,12-16)18-21-10-5-11-22-18/h1-3,5-7,10-11,16-17,25H,4,8-9,12-14H2. The van der Waals surface area contributed by atoms with Crippen molar-refractivity contribution in [3.05, 3.63) is 60.2 Å². The summed E-state index contributed by atoms with van der Waals surface area (Å²) < 4.78 is 5.55. The first-order valence-electron chi connectivity index (χ1n) is 9.15. The average Bonchev–Trinajstić information content (AvgIpc) is 2.67. The molecule has 1 N–H and O–H groups in total. The van der Waals surface area contributed by atoms with Crippen molar-refractivity contribution < 1.29 is 14.6 Å². The summed E-state index contributed by atoms with van der Waals surface area (Å²) in [6.07, 6.45) is 6.70. The lowest BCUT2D eigenvalue weighted by molar-refractivity contribution is -0.0942. The smallest absolute Gasteiger partial charge is 0.410 e. The Morgan fingerprint density at radius 3 is 2.42 bits per heavy atom. The number of hydrogen-bond donors (Lipinski definition) is 1. The molecule has 2 saturated heterocycles. The first-order chi connectivity index (χ1) is 12.7. The van der Waals surface area contributed by atoms with Crippen LogP contribution in [0.3, 0.4) is 0 Å². The molecule has 1 aromatic heterocycles. The zero-order valence-corrected chi connectivity index (χ0v) is 14.6. The Kier molecular flexibility index (Phi) is 4.59. The molecule has 0 radical (unpaired) electrons. The lowest BCUT2D eigenvalue weighted by Crippen LogP contribution is -2.59. The zero-order chi connectivity index (χ0) is 18.0. The minimum absolute atomic E-state index is 0.0421. The van der Waals surface area contributed by atoms with Gasteiger partial charge in [0, 0.05) is 37.3 Å². The van der Waals surface area contributed by atoms with Crippen molar-refractivity contribution in [1.29, 1.82) is 0 Å². The van der Waals surface area contributed by atoms with E-state index >= 15 is 0 Å². The van der Waals surface area contributed by atoms with E-state index in [4.69, 9.17) is 4.74 Å². The van der Waals surface area contributed by atoms with Crippen molar-refractivity contribution in [2.45, 2.75) is 56.4 Å². The predicted octanol–water partition coefficient (Wildman–Crippen LogP) is 3.02. The molecule has 2 aliphatic heterocycles. The highest BCUT2D eigenvalue weighted by Gasteiger charge is 2.49. The molecule has 26 heavy (non-hydrogen) atoms. The summed E-state index contributed by atoms with van der Waals surface area (Å²) in [6, 6.07) is 11.3. The number of fused-ring (bicyclic) bond motifs is 2. The van der Waals surface area contributed by atoms with Crippen LogP contribution in [0.15, 0.2) is 48.8 Å². The molecule has 6 heteroatoms. The van der Waals surface area contributed by atoms with Crippen LogP contribution in [0.4, 0.5) is 4.79 Å². The van der Waals surface area contributed by atoms with Gasteiger partial charge in [-0.05, 0) is 30.9 Å². The molecule has 1 aromatic carbocycles. The van der Waals surface area contributed by atoms with E-state index in [1.807, 2.05) is 35.2 Å². The summed E-state index contributed by atoms with van der Waals surface area (Å²) in [5.74, 6) is 0.453. The van der Waals surface area contributed by atoms with Gasteiger partial charge in [0.05, 0.1) is 0 Å². The molecule has 1 amide bonds. The predicted molar refractivity (Wildman–Crippen MR) is 95.1 cm³/mol. The fraction of sp³-hybridized carbons (Fsp3) is 0.450. The van der Waals surface area contributed by atoms with Crippen molar-refractivity contribution in [2.24, 2.45) is 0 Å². The SMILES string of the molecule is O=C(OCc1ccccc1)N1C2CCCC1CC(O)(c1ncccn1)C2. The van der Waals surface area contributed by atoms with Crippen LogP contribution in [0.1, 0.15) is 43.5 Å². The Morgan fingerprint density at radius 2 is 1.77 bits per heavy atom. The molecule has 2 bridgehead atoms. The molecule has 2 fully saturated rings. The number of aliphatic hydroxyl groups is 1. The van der Waals surface area contributed by atoms with Crippen LogP contribution < -0.4 is 0 Å². The summed E-state index contributed by atoms with van der Waals surface area (Å²) >= 11 is 0.